The number of benzene rings is 1. The Balaban J connectivity index is 1.70. The van der Waals surface area contributed by atoms with Crippen molar-refractivity contribution in [1.82, 2.24) is 19.9 Å². The molecule has 0 saturated carbocycles. The molecule has 0 spiro atoms. The van der Waals surface area contributed by atoms with Crippen molar-refractivity contribution >= 4 is 51.2 Å². The largest absolute Gasteiger partial charge is 0.393 e. The Morgan fingerprint density at radius 3 is 2.41 bits per heavy atom. The van der Waals surface area contributed by atoms with Gasteiger partial charge in [-0.15, -0.1) is 0 Å². The third-order valence-electron chi connectivity index (χ3n) is 4.01. The minimum Gasteiger partial charge on any atom is -0.393 e. The smallest absolute Gasteiger partial charge is 0.159 e. The van der Waals surface area contributed by atoms with Crippen LogP contribution in [0.1, 0.15) is 5.69 Å². The molecule has 3 aromatic heterocycles. The van der Waals surface area contributed by atoms with E-state index in [0.717, 1.165) is 22.3 Å². The number of nitrogens with one attached hydrogen (secondary N) is 2. The zero-order valence-electron chi connectivity index (χ0n) is 14.4. The number of hydrogen-bond donors (Lipinski definition) is 3. The molecule has 0 aliphatic heterocycles. The second kappa shape index (κ2) is 7.05. The van der Waals surface area contributed by atoms with Crippen LogP contribution in [0.5, 0.6) is 0 Å². The van der Waals surface area contributed by atoms with Crippen LogP contribution in [0.4, 0.5) is 28.7 Å². The van der Waals surface area contributed by atoms with Crippen molar-refractivity contribution in [1.29, 1.82) is 0 Å². The van der Waals surface area contributed by atoms with Gasteiger partial charge < -0.3 is 16.4 Å². The summed E-state index contributed by atoms with van der Waals surface area (Å²) in [5.74, 6) is 0.912. The number of nitrogens with zero attached hydrogens (tertiary/aromatic N) is 4. The molecular formula is C19H16ClN7. The lowest BCUT2D eigenvalue weighted by atomic mass is 10.1. The van der Waals surface area contributed by atoms with Gasteiger partial charge >= 0.3 is 0 Å². The summed E-state index contributed by atoms with van der Waals surface area (Å²) >= 11 is 6.09. The van der Waals surface area contributed by atoms with Gasteiger partial charge in [-0.2, -0.15) is 0 Å². The summed E-state index contributed by atoms with van der Waals surface area (Å²) in [6.45, 7) is 1.95. The molecule has 0 fully saturated rings. The monoisotopic (exact) mass is 377 g/mol. The highest BCUT2D eigenvalue weighted by atomic mass is 35.5. The van der Waals surface area contributed by atoms with Gasteiger partial charge in [0.15, 0.2) is 16.8 Å². The van der Waals surface area contributed by atoms with Crippen molar-refractivity contribution < 1.29 is 0 Å². The van der Waals surface area contributed by atoms with Crippen LogP contribution in [0.3, 0.4) is 0 Å². The van der Waals surface area contributed by atoms with Gasteiger partial charge in [0, 0.05) is 17.3 Å². The van der Waals surface area contributed by atoms with Crippen molar-refractivity contribution in [2.24, 2.45) is 0 Å². The minimum atomic E-state index is 0.332. The molecule has 0 radical (unpaired) electrons. The molecule has 27 heavy (non-hydrogen) atoms. The van der Waals surface area contributed by atoms with E-state index < -0.39 is 0 Å². The first-order valence-corrected chi connectivity index (χ1v) is 8.61. The number of anilines is 5. The second-order valence-corrected chi connectivity index (χ2v) is 6.26. The summed E-state index contributed by atoms with van der Waals surface area (Å²) < 4.78 is 0. The fourth-order valence-corrected chi connectivity index (χ4v) is 2.84. The predicted octanol–water partition coefficient (Wildman–Crippen LogP) is 4.45. The number of hydrogen-bond acceptors (Lipinski definition) is 7. The van der Waals surface area contributed by atoms with E-state index in [4.69, 9.17) is 17.3 Å². The molecule has 134 valence electrons. The number of aryl methyl sites for hydroxylation is 1. The summed E-state index contributed by atoms with van der Waals surface area (Å²) in [7, 11) is 0. The molecule has 0 amide bonds. The van der Waals surface area contributed by atoms with Gasteiger partial charge in [-0.25, -0.2) is 15.0 Å². The summed E-state index contributed by atoms with van der Waals surface area (Å²) in [6.07, 6.45) is 3.04. The normalized spacial score (nSPS) is 10.7. The third kappa shape index (κ3) is 3.45. The van der Waals surface area contributed by atoms with Crippen molar-refractivity contribution in [3.8, 4) is 0 Å². The molecule has 7 nitrogen and oxygen atoms in total. The molecule has 0 aliphatic rings. The number of fused-ring (bicyclic) bond motifs is 1. The van der Waals surface area contributed by atoms with Gasteiger partial charge in [-0.1, -0.05) is 29.8 Å². The number of aromatic nitrogens is 4. The second-order valence-electron chi connectivity index (χ2n) is 5.91. The van der Waals surface area contributed by atoms with Gasteiger partial charge in [0.2, 0.25) is 0 Å². The molecule has 0 unspecified atom stereocenters. The summed E-state index contributed by atoms with van der Waals surface area (Å²) in [4.78, 5) is 17.1. The molecule has 8 heteroatoms. The maximum atomic E-state index is 6.27. The van der Waals surface area contributed by atoms with Gasteiger partial charge in [-0.3, -0.25) is 4.98 Å². The summed E-state index contributed by atoms with van der Waals surface area (Å²) in [5, 5.41) is 7.70. The Bertz CT molecular complexity index is 1130. The van der Waals surface area contributed by atoms with E-state index in [1.54, 1.807) is 18.3 Å². The number of rotatable bonds is 4. The third-order valence-corrected chi connectivity index (χ3v) is 4.31. The van der Waals surface area contributed by atoms with Crippen LogP contribution >= 0.6 is 11.6 Å². The molecule has 4 rings (SSSR count). The number of nitrogen functional groups attached to an aromatic ring is 1. The van der Waals surface area contributed by atoms with Crippen LogP contribution in [-0.2, 0) is 0 Å². The average molecular weight is 378 g/mol. The average Bonchev–Trinajstić information content (AvgIpc) is 2.67. The van der Waals surface area contributed by atoms with Crippen molar-refractivity contribution in [2.75, 3.05) is 16.4 Å². The lowest BCUT2D eigenvalue weighted by Crippen LogP contribution is -2.06. The lowest BCUT2D eigenvalue weighted by molar-refractivity contribution is 1.17. The topological polar surface area (TPSA) is 102 Å². The van der Waals surface area contributed by atoms with Crippen LogP contribution in [0.2, 0.25) is 5.15 Å². The van der Waals surface area contributed by atoms with Crippen molar-refractivity contribution in [3.63, 3.8) is 0 Å². The van der Waals surface area contributed by atoms with Crippen LogP contribution in [0.15, 0.2) is 55.0 Å². The molecule has 1 aromatic carbocycles. The Kier molecular flexibility index (Phi) is 4.43. The number of pyridine rings is 2. The Hall–Kier alpha value is -3.45. The Morgan fingerprint density at radius 2 is 1.63 bits per heavy atom. The maximum absolute atomic E-state index is 6.27. The molecule has 0 aliphatic carbocycles. The van der Waals surface area contributed by atoms with E-state index in [1.807, 2.05) is 37.3 Å². The quantitative estimate of drug-likeness (QED) is 0.451. The highest BCUT2D eigenvalue weighted by Gasteiger charge is 2.12. The fourth-order valence-electron chi connectivity index (χ4n) is 2.67. The maximum Gasteiger partial charge on any atom is 0.159 e. The number of nitrogens with two attached hydrogens (primary N) is 1. The molecule has 4 N–H and O–H groups in total. The van der Waals surface area contributed by atoms with E-state index in [0.29, 0.717) is 28.2 Å². The van der Waals surface area contributed by atoms with Gasteiger partial charge in [0.25, 0.3) is 0 Å². The lowest BCUT2D eigenvalue weighted by Gasteiger charge is -2.14. The first-order valence-electron chi connectivity index (χ1n) is 8.23. The first-order chi connectivity index (χ1) is 13.1. The van der Waals surface area contributed by atoms with Gasteiger partial charge in [0.05, 0.1) is 16.9 Å². The van der Waals surface area contributed by atoms with Crippen molar-refractivity contribution in [2.45, 2.75) is 6.92 Å². The summed E-state index contributed by atoms with van der Waals surface area (Å²) in [6, 6.07) is 13.5. The highest BCUT2D eigenvalue weighted by Crippen LogP contribution is 2.31. The standard InChI is InChI=1S/C19H16ClN7/c1-11-7-8-12-4-2-5-13(16(12)25-11)26-18-15(21)19(24-10-23-18)27-14-6-3-9-22-17(14)20/h2-10H,21H2,1H3,(H2,23,24,26,27). The van der Waals surface area contributed by atoms with E-state index in [1.165, 1.54) is 6.33 Å². The predicted molar refractivity (Wildman–Crippen MR) is 109 cm³/mol. The molecule has 4 aromatic rings. The van der Waals surface area contributed by atoms with Crippen LogP contribution < -0.4 is 16.4 Å². The molecule has 0 atom stereocenters. The van der Waals surface area contributed by atoms with E-state index in [-0.39, 0.29) is 0 Å². The Morgan fingerprint density at radius 1 is 0.889 bits per heavy atom. The van der Waals surface area contributed by atoms with Crippen molar-refractivity contribution in [3.05, 3.63) is 65.8 Å². The SMILES string of the molecule is Cc1ccc2cccc(Nc3ncnc(Nc4cccnc4Cl)c3N)c2n1. The molecule has 0 bridgehead atoms. The molecular weight excluding hydrogens is 362 g/mol. The number of para-hydroxylation sites is 1. The fraction of sp³-hybridized carbons (Fsp3) is 0.0526. The highest BCUT2D eigenvalue weighted by molar-refractivity contribution is 6.32. The number of halogens is 1. The van der Waals surface area contributed by atoms with Crippen LogP contribution in [0, 0.1) is 6.92 Å². The minimum absolute atomic E-state index is 0.332. The first kappa shape index (κ1) is 17.0. The van der Waals surface area contributed by atoms with Gasteiger partial charge in [0.1, 0.15) is 12.0 Å². The zero-order chi connectivity index (χ0) is 18.8. The zero-order valence-corrected chi connectivity index (χ0v) is 15.2. The van der Waals surface area contributed by atoms with Gasteiger partial charge in [-0.05, 0) is 31.2 Å². The van der Waals surface area contributed by atoms with E-state index in [9.17, 15) is 0 Å². The van der Waals surface area contributed by atoms with E-state index >= 15 is 0 Å². The van der Waals surface area contributed by atoms with E-state index in [2.05, 4.69) is 30.6 Å². The molecule has 0 saturated heterocycles. The van der Waals surface area contributed by atoms with Crippen LogP contribution in [-0.4, -0.2) is 19.9 Å². The Labute approximate surface area is 160 Å². The van der Waals surface area contributed by atoms with Crippen LogP contribution in [0.25, 0.3) is 10.9 Å². The summed E-state index contributed by atoms with van der Waals surface area (Å²) in [5.41, 5.74) is 9.83. The molecule has 3 heterocycles.